The normalized spacial score (nSPS) is 16.2. The fourth-order valence-electron chi connectivity index (χ4n) is 3.81. The summed E-state index contributed by atoms with van der Waals surface area (Å²) in [5, 5.41) is 1.29. The van der Waals surface area contributed by atoms with Crippen LogP contribution in [-0.4, -0.2) is 7.05 Å². The van der Waals surface area contributed by atoms with Crippen LogP contribution in [0, 0.1) is 19.8 Å². The number of aryl methyl sites for hydroxylation is 2. The van der Waals surface area contributed by atoms with E-state index in [4.69, 9.17) is 0 Å². The highest BCUT2D eigenvalue weighted by molar-refractivity contribution is 8.03. The van der Waals surface area contributed by atoms with Crippen LogP contribution in [0.3, 0.4) is 0 Å². The first-order chi connectivity index (χ1) is 12.5. The number of aromatic nitrogens is 1. The van der Waals surface area contributed by atoms with Crippen LogP contribution < -0.4 is 9.47 Å². The molecule has 0 N–H and O–H groups in total. The third-order valence-electron chi connectivity index (χ3n) is 5.38. The molecule has 3 heteroatoms. The third-order valence-corrected chi connectivity index (χ3v) is 6.55. The van der Waals surface area contributed by atoms with Crippen molar-refractivity contribution in [1.29, 1.82) is 0 Å². The second kappa shape index (κ2) is 8.30. The number of hydrogen-bond acceptors (Lipinski definition) is 2. The summed E-state index contributed by atoms with van der Waals surface area (Å²) in [6.45, 7) is 10.2. The lowest BCUT2D eigenvalue weighted by atomic mass is 10.00. The van der Waals surface area contributed by atoms with Gasteiger partial charge in [-0.3, -0.25) is 0 Å². The second-order valence-electron chi connectivity index (χ2n) is 7.36. The van der Waals surface area contributed by atoms with Crippen LogP contribution in [0.2, 0.25) is 0 Å². The molecule has 1 aromatic carbocycles. The fraction of sp³-hybridized carbons (Fsp3) is 0.435. The van der Waals surface area contributed by atoms with Gasteiger partial charge < -0.3 is 4.90 Å². The largest absolute Gasteiger partial charge is 0.338 e. The second-order valence-corrected chi connectivity index (χ2v) is 8.42. The number of hydrogen-bond donors (Lipinski definition) is 0. The zero-order valence-corrected chi connectivity index (χ0v) is 17.6. The highest BCUT2D eigenvalue weighted by Gasteiger charge is 2.22. The summed E-state index contributed by atoms with van der Waals surface area (Å²) in [5.41, 5.74) is 5.31. The third kappa shape index (κ3) is 3.98. The van der Waals surface area contributed by atoms with E-state index >= 15 is 0 Å². The van der Waals surface area contributed by atoms with Crippen LogP contribution in [0.1, 0.15) is 50.1 Å². The molecule has 2 nitrogen and oxygen atoms in total. The maximum absolute atomic E-state index is 2.49. The Morgan fingerprint density at radius 2 is 1.81 bits per heavy atom. The van der Waals surface area contributed by atoms with Crippen LogP contribution in [0.5, 0.6) is 0 Å². The Kier molecular flexibility index (Phi) is 6.08. The molecule has 1 aromatic heterocycles. The van der Waals surface area contributed by atoms with Crippen molar-refractivity contribution >= 4 is 23.5 Å². The average molecular weight is 368 g/mol. The highest BCUT2D eigenvalue weighted by Crippen LogP contribution is 2.45. The van der Waals surface area contributed by atoms with Gasteiger partial charge >= 0.3 is 0 Å². The van der Waals surface area contributed by atoms with Gasteiger partial charge in [-0.25, -0.2) is 0 Å². The van der Waals surface area contributed by atoms with Gasteiger partial charge in [0.05, 0.1) is 10.7 Å². The van der Waals surface area contributed by atoms with Gasteiger partial charge in [-0.15, -0.1) is 0 Å². The number of nitrogens with zero attached hydrogens (tertiary/aromatic N) is 2. The smallest absolute Gasteiger partial charge is 0.179 e. The molecule has 0 saturated heterocycles. The van der Waals surface area contributed by atoms with Crippen molar-refractivity contribution in [2.75, 3.05) is 11.9 Å². The van der Waals surface area contributed by atoms with Crippen molar-refractivity contribution in [3.63, 3.8) is 0 Å². The van der Waals surface area contributed by atoms with Crippen molar-refractivity contribution in [2.45, 2.75) is 58.4 Å². The summed E-state index contributed by atoms with van der Waals surface area (Å²) < 4.78 is 2.49. The Morgan fingerprint density at radius 1 is 1.12 bits per heavy atom. The van der Waals surface area contributed by atoms with E-state index < -0.39 is 0 Å². The SMILES string of the molecule is CCC[C@@H](CC)C[n+]1c(C)cc(C=C2Sc3ccccc3N2C)cc1C. The first kappa shape index (κ1) is 19.0. The van der Waals surface area contributed by atoms with Crippen LogP contribution in [-0.2, 0) is 6.54 Å². The Balaban J connectivity index is 1.85. The van der Waals surface area contributed by atoms with E-state index in [1.54, 1.807) is 0 Å². The molecular weight excluding hydrogens is 336 g/mol. The van der Waals surface area contributed by atoms with Gasteiger partial charge in [-0.1, -0.05) is 44.2 Å². The Hall–Kier alpha value is -1.74. The quantitative estimate of drug-likeness (QED) is 0.582. The van der Waals surface area contributed by atoms with Crippen molar-refractivity contribution in [1.82, 2.24) is 0 Å². The summed E-state index contributed by atoms with van der Waals surface area (Å²) >= 11 is 1.86. The van der Waals surface area contributed by atoms with E-state index in [2.05, 4.69) is 86.7 Å². The van der Waals surface area contributed by atoms with Crippen LogP contribution in [0.15, 0.2) is 46.3 Å². The summed E-state index contributed by atoms with van der Waals surface area (Å²) in [6.07, 6.45) is 6.16. The number of para-hydroxylation sites is 1. The lowest BCUT2D eigenvalue weighted by Gasteiger charge is -2.15. The average Bonchev–Trinajstić information content (AvgIpc) is 2.93. The van der Waals surface area contributed by atoms with E-state index in [1.165, 1.54) is 51.8 Å². The zero-order chi connectivity index (χ0) is 18.7. The predicted octanol–water partition coefficient (Wildman–Crippen LogP) is 5.96. The molecule has 26 heavy (non-hydrogen) atoms. The van der Waals surface area contributed by atoms with Crippen LogP contribution in [0.25, 0.3) is 6.08 Å². The zero-order valence-electron chi connectivity index (χ0n) is 16.7. The molecule has 0 radical (unpaired) electrons. The lowest BCUT2D eigenvalue weighted by Crippen LogP contribution is -2.43. The maximum atomic E-state index is 2.49. The summed E-state index contributed by atoms with van der Waals surface area (Å²) in [6, 6.07) is 13.3. The Bertz CT molecular complexity index is 787. The van der Waals surface area contributed by atoms with Gasteiger partial charge in [-0.05, 0) is 36.6 Å². The molecule has 1 aliphatic rings. The minimum atomic E-state index is 0.776. The molecule has 0 aliphatic carbocycles. The molecule has 138 valence electrons. The minimum Gasteiger partial charge on any atom is -0.338 e. The van der Waals surface area contributed by atoms with Gasteiger partial charge in [0, 0.05) is 43.8 Å². The summed E-state index contributed by atoms with van der Waals surface area (Å²) in [7, 11) is 2.16. The number of fused-ring (bicyclic) bond motifs is 1. The Morgan fingerprint density at radius 3 is 2.42 bits per heavy atom. The molecule has 0 unspecified atom stereocenters. The monoisotopic (exact) mass is 367 g/mol. The molecule has 0 bridgehead atoms. The van der Waals surface area contributed by atoms with Crippen molar-refractivity contribution in [3.8, 4) is 0 Å². The Labute approximate surface area is 162 Å². The summed E-state index contributed by atoms with van der Waals surface area (Å²) in [5.74, 6) is 0.776. The first-order valence-electron chi connectivity index (χ1n) is 9.76. The van der Waals surface area contributed by atoms with E-state index in [-0.39, 0.29) is 0 Å². The maximum Gasteiger partial charge on any atom is 0.179 e. The molecule has 2 aromatic rings. The molecule has 0 spiro atoms. The van der Waals surface area contributed by atoms with Gasteiger partial charge in [0.1, 0.15) is 0 Å². The number of pyridine rings is 1. The fourth-order valence-corrected chi connectivity index (χ4v) is 4.92. The predicted molar refractivity (Wildman–Crippen MR) is 113 cm³/mol. The van der Waals surface area contributed by atoms with Crippen molar-refractivity contribution < 1.29 is 4.57 Å². The highest BCUT2D eigenvalue weighted by atomic mass is 32.2. The van der Waals surface area contributed by atoms with Crippen molar-refractivity contribution in [3.05, 3.63) is 58.4 Å². The van der Waals surface area contributed by atoms with E-state index in [1.807, 2.05) is 11.8 Å². The van der Waals surface area contributed by atoms with E-state index in [0.717, 1.165) is 12.5 Å². The van der Waals surface area contributed by atoms with Crippen LogP contribution in [0.4, 0.5) is 5.69 Å². The molecule has 2 heterocycles. The molecule has 0 saturated carbocycles. The van der Waals surface area contributed by atoms with E-state index in [9.17, 15) is 0 Å². The van der Waals surface area contributed by atoms with E-state index in [0.29, 0.717) is 0 Å². The molecule has 3 rings (SSSR count). The molecular formula is C23H31N2S+. The number of benzene rings is 1. The molecule has 1 aliphatic heterocycles. The van der Waals surface area contributed by atoms with Crippen molar-refractivity contribution in [2.24, 2.45) is 5.92 Å². The number of anilines is 1. The van der Waals surface area contributed by atoms with Gasteiger partial charge in [-0.2, -0.15) is 4.57 Å². The van der Waals surface area contributed by atoms with Crippen LogP contribution >= 0.6 is 11.8 Å². The van der Waals surface area contributed by atoms with Gasteiger partial charge in [0.2, 0.25) is 0 Å². The molecule has 0 amide bonds. The van der Waals surface area contributed by atoms with Gasteiger partial charge in [0.15, 0.2) is 17.9 Å². The van der Waals surface area contributed by atoms with Gasteiger partial charge in [0.25, 0.3) is 0 Å². The topological polar surface area (TPSA) is 7.12 Å². The summed E-state index contributed by atoms with van der Waals surface area (Å²) in [4.78, 5) is 3.63. The number of rotatable bonds is 6. The lowest BCUT2D eigenvalue weighted by molar-refractivity contribution is -0.714. The minimum absolute atomic E-state index is 0.776. The molecule has 1 atom stereocenters. The standard InChI is InChI=1S/C23H31N2S/c1-6-10-19(7-2)16-25-17(3)13-20(14-18(25)4)15-23-24(5)21-11-8-9-12-22(21)26-23/h8-9,11-15,19H,6-7,10,16H2,1-5H3/q+1/t19-/m1/s1. The number of thioether (sulfide) groups is 1. The first-order valence-corrected chi connectivity index (χ1v) is 10.6. The molecule has 0 fully saturated rings.